The highest BCUT2D eigenvalue weighted by Gasteiger charge is 2.14. The number of rotatable bonds is 3. The number of nitrogens with one attached hydrogen (secondary N) is 1. The van der Waals surface area contributed by atoms with Gasteiger partial charge in [-0.05, 0) is 31.2 Å². The molecule has 0 bridgehead atoms. The molecule has 80 valence electrons. The van der Waals surface area contributed by atoms with Crippen LogP contribution in [0.4, 0.5) is 4.39 Å². The van der Waals surface area contributed by atoms with E-state index in [9.17, 15) is 14.0 Å². The normalized spacial score (nSPS) is 11.9. The molecule has 0 fully saturated rings. The largest absolute Gasteiger partial charge is 0.480 e. The molecule has 2 N–H and O–H groups in total. The molecule has 5 heteroatoms. The van der Waals surface area contributed by atoms with Gasteiger partial charge in [-0.2, -0.15) is 0 Å². The fraction of sp³-hybridized carbons (Fsp3) is 0.200. The van der Waals surface area contributed by atoms with Crippen LogP contribution < -0.4 is 5.32 Å². The maximum absolute atomic E-state index is 12.5. The minimum absolute atomic E-state index is 0.226. The molecule has 1 unspecified atom stereocenters. The Morgan fingerprint density at radius 1 is 1.33 bits per heavy atom. The Bertz CT molecular complexity index is 375. The zero-order chi connectivity index (χ0) is 11.4. The Kier molecular flexibility index (Phi) is 3.38. The van der Waals surface area contributed by atoms with Crippen LogP contribution in [-0.4, -0.2) is 23.0 Å². The Labute approximate surface area is 85.7 Å². The topological polar surface area (TPSA) is 66.4 Å². The fourth-order valence-electron chi connectivity index (χ4n) is 0.943. The Morgan fingerprint density at radius 2 is 1.87 bits per heavy atom. The summed E-state index contributed by atoms with van der Waals surface area (Å²) in [5.41, 5.74) is 0.226. The van der Waals surface area contributed by atoms with Crippen LogP contribution in [0.5, 0.6) is 0 Å². The van der Waals surface area contributed by atoms with Gasteiger partial charge in [-0.1, -0.05) is 0 Å². The molecule has 0 heterocycles. The number of carboxylic acid groups (broad SMARTS) is 1. The van der Waals surface area contributed by atoms with Crippen molar-refractivity contribution in [2.24, 2.45) is 0 Å². The van der Waals surface area contributed by atoms with Gasteiger partial charge >= 0.3 is 5.97 Å². The van der Waals surface area contributed by atoms with Gasteiger partial charge < -0.3 is 10.4 Å². The van der Waals surface area contributed by atoms with Crippen molar-refractivity contribution in [3.8, 4) is 0 Å². The standard InChI is InChI=1S/C10H10FNO3/c1-6(10(14)15)12-9(13)7-2-4-8(11)5-3-7/h2-6H,1H3,(H,12,13)(H,14,15). The summed E-state index contributed by atoms with van der Waals surface area (Å²) in [7, 11) is 0. The minimum atomic E-state index is -1.12. The molecule has 1 rings (SSSR count). The van der Waals surface area contributed by atoms with Crippen molar-refractivity contribution in [1.29, 1.82) is 0 Å². The number of carbonyl (C=O) groups excluding carboxylic acids is 1. The minimum Gasteiger partial charge on any atom is -0.480 e. The zero-order valence-electron chi connectivity index (χ0n) is 8.03. The number of carbonyl (C=O) groups is 2. The van der Waals surface area contributed by atoms with Crippen molar-refractivity contribution in [2.75, 3.05) is 0 Å². The van der Waals surface area contributed by atoms with Crippen molar-refractivity contribution in [2.45, 2.75) is 13.0 Å². The van der Waals surface area contributed by atoms with E-state index in [2.05, 4.69) is 5.32 Å². The summed E-state index contributed by atoms with van der Waals surface area (Å²) in [6.45, 7) is 1.35. The van der Waals surface area contributed by atoms with E-state index < -0.39 is 23.7 Å². The van der Waals surface area contributed by atoms with E-state index in [4.69, 9.17) is 5.11 Å². The lowest BCUT2D eigenvalue weighted by Gasteiger charge is -2.08. The molecule has 0 saturated heterocycles. The number of amides is 1. The Hall–Kier alpha value is -1.91. The Balaban J connectivity index is 2.69. The van der Waals surface area contributed by atoms with E-state index >= 15 is 0 Å². The van der Waals surface area contributed by atoms with Crippen molar-refractivity contribution in [3.63, 3.8) is 0 Å². The van der Waals surface area contributed by atoms with E-state index in [0.29, 0.717) is 0 Å². The molecule has 1 amide bonds. The van der Waals surface area contributed by atoms with Gasteiger partial charge in [-0.3, -0.25) is 9.59 Å². The average Bonchev–Trinajstić information content (AvgIpc) is 2.18. The molecule has 0 aliphatic rings. The quantitative estimate of drug-likeness (QED) is 0.784. The highest BCUT2D eigenvalue weighted by Crippen LogP contribution is 2.02. The summed E-state index contributed by atoms with van der Waals surface area (Å²) < 4.78 is 12.5. The van der Waals surface area contributed by atoms with Gasteiger partial charge in [0, 0.05) is 5.56 Å². The van der Waals surface area contributed by atoms with Crippen LogP contribution in [0.2, 0.25) is 0 Å². The van der Waals surface area contributed by atoms with Gasteiger partial charge in [-0.25, -0.2) is 4.39 Å². The summed E-state index contributed by atoms with van der Waals surface area (Å²) >= 11 is 0. The molecule has 0 spiro atoms. The molecule has 0 aliphatic heterocycles. The van der Waals surface area contributed by atoms with Gasteiger partial charge in [0.05, 0.1) is 0 Å². The number of carboxylic acids is 1. The number of halogens is 1. The zero-order valence-corrected chi connectivity index (χ0v) is 8.03. The third-order valence-corrected chi connectivity index (χ3v) is 1.82. The molecule has 1 aromatic rings. The highest BCUT2D eigenvalue weighted by molar-refractivity contribution is 5.96. The molecular weight excluding hydrogens is 201 g/mol. The first kappa shape index (κ1) is 11.2. The lowest BCUT2D eigenvalue weighted by atomic mass is 10.2. The summed E-state index contributed by atoms with van der Waals surface area (Å²) in [5.74, 6) is -2.10. The van der Waals surface area contributed by atoms with Gasteiger partial charge in [-0.15, -0.1) is 0 Å². The number of aliphatic carboxylic acids is 1. The second-order valence-corrected chi connectivity index (χ2v) is 3.04. The highest BCUT2D eigenvalue weighted by atomic mass is 19.1. The van der Waals surface area contributed by atoms with Gasteiger partial charge in [0.1, 0.15) is 11.9 Å². The van der Waals surface area contributed by atoms with Crippen LogP contribution in [0.25, 0.3) is 0 Å². The van der Waals surface area contributed by atoms with E-state index in [-0.39, 0.29) is 5.56 Å². The van der Waals surface area contributed by atoms with Crippen molar-refractivity contribution < 1.29 is 19.1 Å². The maximum atomic E-state index is 12.5. The van der Waals surface area contributed by atoms with E-state index in [1.54, 1.807) is 0 Å². The molecule has 4 nitrogen and oxygen atoms in total. The first-order valence-corrected chi connectivity index (χ1v) is 4.30. The van der Waals surface area contributed by atoms with Crippen LogP contribution in [-0.2, 0) is 4.79 Å². The van der Waals surface area contributed by atoms with Crippen LogP contribution in [0, 0.1) is 5.82 Å². The van der Waals surface area contributed by atoms with Crippen LogP contribution >= 0.6 is 0 Å². The smallest absolute Gasteiger partial charge is 0.325 e. The number of hydrogen-bond acceptors (Lipinski definition) is 2. The third-order valence-electron chi connectivity index (χ3n) is 1.82. The first-order chi connectivity index (χ1) is 7.00. The molecule has 0 aromatic heterocycles. The lowest BCUT2D eigenvalue weighted by molar-refractivity contribution is -0.138. The SMILES string of the molecule is CC(NC(=O)c1ccc(F)cc1)C(=O)O. The van der Waals surface area contributed by atoms with Gasteiger partial charge in [0.15, 0.2) is 0 Å². The maximum Gasteiger partial charge on any atom is 0.325 e. The predicted octanol–water partition coefficient (Wildman–Crippen LogP) is 1.03. The van der Waals surface area contributed by atoms with E-state index in [1.807, 2.05) is 0 Å². The second-order valence-electron chi connectivity index (χ2n) is 3.04. The predicted molar refractivity (Wildman–Crippen MR) is 51.0 cm³/mol. The fourth-order valence-corrected chi connectivity index (χ4v) is 0.943. The average molecular weight is 211 g/mol. The third kappa shape index (κ3) is 3.05. The molecule has 1 aromatic carbocycles. The van der Waals surface area contributed by atoms with Crippen LogP contribution in [0.15, 0.2) is 24.3 Å². The van der Waals surface area contributed by atoms with Crippen molar-refractivity contribution in [3.05, 3.63) is 35.6 Å². The van der Waals surface area contributed by atoms with Crippen molar-refractivity contribution >= 4 is 11.9 Å². The summed E-state index contributed by atoms with van der Waals surface area (Å²) in [4.78, 5) is 21.8. The molecule has 0 radical (unpaired) electrons. The second kappa shape index (κ2) is 4.54. The van der Waals surface area contributed by atoms with Crippen LogP contribution in [0.1, 0.15) is 17.3 Å². The summed E-state index contributed by atoms with van der Waals surface area (Å²) in [6, 6.07) is 3.89. The lowest BCUT2D eigenvalue weighted by Crippen LogP contribution is -2.38. The molecular formula is C10H10FNO3. The van der Waals surface area contributed by atoms with Gasteiger partial charge in [0.25, 0.3) is 5.91 Å². The van der Waals surface area contributed by atoms with E-state index in [1.165, 1.54) is 19.1 Å². The summed E-state index contributed by atoms with van der Waals surface area (Å²) in [6.07, 6.45) is 0. The summed E-state index contributed by atoms with van der Waals surface area (Å²) in [5, 5.41) is 10.8. The van der Waals surface area contributed by atoms with Crippen molar-refractivity contribution in [1.82, 2.24) is 5.32 Å². The molecule has 0 aliphatic carbocycles. The van der Waals surface area contributed by atoms with Crippen LogP contribution in [0.3, 0.4) is 0 Å². The van der Waals surface area contributed by atoms with Gasteiger partial charge in [0.2, 0.25) is 0 Å². The molecule has 0 saturated carbocycles. The Morgan fingerprint density at radius 3 is 2.33 bits per heavy atom. The number of benzene rings is 1. The van der Waals surface area contributed by atoms with E-state index in [0.717, 1.165) is 12.1 Å². The number of hydrogen-bond donors (Lipinski definition) is 2. The first-order valence-electron chi connectivity index (χ1n) is 4.30. The molecule has 1 atom stereocenters. The monoisotopic (exact) mass is 211 g/mol. The molecule has 15 heavy (non-hydrogen) atoms.